The molecule has 0 unspecified atom stereocenters. The van der Waals surface area contributed by atoms with Gasteiger partial charge in [0.25, 0.3) is 0 Å². The van der Waals surface area contributed by atoms with E-state index in [-0.39, 0.29) is 5.91 Å². The number of rotatable bonds is 6. The largest absolute Gasteiger partial charge is 0.378 e. The molecule has 0 aliphatic carbocycles. The van der Waals surface area contributed by atoms with Crippen molar-refractivity contribution in [2.24, 2.45) is 0 Å². The van der Waals surface area contributed by atoms with E-state index in [0.717, 1.165) is 36.9 Å². The van der Waals surface area contributed by atoms with Crippen molar-refractivity contribution in [3.8, 4) is 0 Å². The number of ether oxygens (including phenoxy) is 1. The van der Waals surface area contributed by atoms with Crippen LogP contribution in [-0.2, 0) is 9.53 Å². The van der Waals surface area contributed by atoms with Gasteiger partial charge in [0, 0.05) is 29.4 Å². The van der Waals surface area contributed by atoms with Gasteiger partial charge in [0.2, 0.25) is 5.91 Å². The predicted molar refractivity (Wildman–Crippen MR) is 109 cm³/mol. The Morgan fingerprint density at radius 2 is 1.73 bits per heavy atom. The summed E-state index contributed by atoms with van der Waals surface area (Å²) in [5.74, 6) is 0.950. The number of carbonyl (C=O) groups is 1. The van der Waals surface area contributed by atoms with E-state index >= 15 is 0 Å². The summed E-state index contributed by atoms with van der Waals surface area (Å²) in [6, 6.07) is 16.5. The molecule has 0 aromatic heterocycles. The van der Waals surface area contributed by atoms with Crippen LogP contribution in [0.25, 0.3) is 0 Å². The van der Waals surface area contributed by atoms with Crippen molar-refractivity contribution < 1.29 is 9.53 Å². The van der Waals surface area contributed by atoms with Gasteiger partial charge >= 0.3 is 0 Å². The third kappa shape index (κ3) is 5.26. The van der Waals surface area contributed by atoms with Gasteiger partial charge < -0.3 is 15.0 Å². The molecule has 2 aromatic rings. The van der Waals surface area contributed by atoms with Crippen LogP contribution in [0.3, 0.4) is 0 Å². The molecule has 1 fully saturated rings. The van der Waals surface area contributed by atoms with Crippen LogP contribution in [0.15, 0.2) is 53.4 Å². The van der Waals surface area contributed by atoms with Gasteiger partial charge in [-0.1, -0.05) is 26.0 Å². The lowest BCUT2D eigenvalue weighted by Gasteiger charge is -2.28. The lowest BCUT2D eigenvalue weighted by molar-refractivity contribution is -0.113. The minimum atomic E-state index is 0.0158. The van der Waals surface area contributed by atoms with Crippen LogP contribution in [0, 0.1) is 0 Å². The normalized spacial score (nSPS) is 14.5. The molecular formula is C21H26N2O2S. The van der Waals surface area contributed by atoms with Crippen LogP contribution in [0.2, 0.25) is 0 Å². The smallest absolute Gasteiger partial charge is 0.234 e. The number of hydrogen-bond donors (Lipinski definition) is 1. The zero-order valence-electron chi connectivity index (χ0n) is 15.4. The summed E-state index contributed by atoms with van der Waals surface area (Å²) < 4.78 is 5.38. The Balaban J connectivity index is 1.48. The molecule has 1 amide bonds. The van der Waals surface area contributed by atoms with Gasteiger partial charge in [0.05, 0.1) is 19.0 Å². The van der Waals surface area contributed by atoms with Crippen LogP contribution in [0.4, 0.5) is 11.4 Å². The Morgan fingerprint density at radius 3 is 2.35 bits per heavy atom. The van der Waals surface area contributed by atoms with E-state index in [9.17, 15) is 4.79 Å². The molecule has 138 valence electrons. The highest BCUT2D eigenvalue weighted by Crippen LogP contribution is 2.23. The minimum Gasteiger partial charge on any atom is -0.378 e. The van der Waals surface area contributed by atoms with Crippen molar-refractivity contribution in [3.63, 3.8) is 0 Å². The zero-order chi connectivity index (χ0) is 18.4. The molecule has 0 spiro atoms. The van der Waals surface area contributed by atoms with E-state index in [1.807, 2.05) is 12.1 Å². The Morgan fingerprint density at radius 1 is 1.08 bits per heavy atom. The average Bonchev–Trinajstić information content (AvgIpc) is 2.68. The fraction of sp³-hybridized carbons (Fsp3) is 0.381. The fourth-order valence-corrected chi connectivity index (χ4v) is 3.57. The third-order valence-electron chi connectivity index (χ3n) is 4.44. The summed E-state index contributed by atoms with van der Waals surface area (Å²) in [5.41, 5.74) is 3.33. The van der Waals surface area contributed by atoms with E-state index in [2.05, 4.69) is 60.5 Å². The number of hydrogen-bond acceptors (Lipinski definition) is 4. The molecule has 26 heavy (non-hydrogen) atoms. The van der Waals surface area contributed by atoms with Crippen molar-refractivity contribution in [1.29, 1.82) is 0 Å². The summed E-state index contributed by atoms with van der Waals surface area (Å²) in [6.45, 7) is 7.73. The van der Waals surface area contributed by atoms with Crippen molar-refractivity contribution in [1.82, 2.24) is 0 Å². The molecule has 4 nitrogen and oxygen atoms in total. The first-order valence-corrected chi connectivity index (χ1v) is 10.1. The highest BCUT2D eigenvalue weighted by atomic mass is 32.2. The van der Waals surface area contributed by atoms with Gasteiger partial charge in [-0.2, -0.15) is 0 Å². The molecule has 0 atom stereocenters. The summed E-state index contributed by atoms with van der Waals surface area (Å²) in [5, 5.41) is 2.97. The monoisotopic (exact) mass is 370 g/mol. The molecule has 0 saturated carbocycles. The number of amides is 1. The maximum Gasteiger partial charge on any atom is 0.234 e. The summed E-state index contributed by atoms with van der Waals surface area (Å²) in [4.78, 5) is 15.6. The van der Waals surface area contributed by atoms with Crippen molar-refractivity contribution in [2.75, 3.05) is 42.3 Å². The lowest BCUT2D eigenvalue weighted by Crippen LogP contribution is -2.36. The van der Waals surface area contributed by atoms with Crippen molar-refractivity contribution in [3.05, 3.63) is 54.1 Å². The van der Waals surface area contributed by atoms with Gasteiger partial charge in [-0.05, 0) is 47.9 Å². The van der Waals surface area contributed by atoms with E-state index in [4.69, 9.17) is 4.74 Å². The van der Waals surface area contributed by atoms with Crippen LogP contribution >= 0.6 is 11.8 Å². The number of benzene rings is 2. The number of nitrogens with one attached hydrogen (secondary N) is 1. The highest BCUT2D eigenvalue weighted by molar-refractivity contribution is 8.00. The van der Waals surface area contributed by atoms with E-state index < -0.39 is 0 Å². The molecule has 0 radical (unpaired) electrons. The molecule has 1 heterocycles. The van der Waals surface area contributed by atoms with Crippen LogP contribution in [0.1, 0.15) is 25.3 Å². The molecule has 1 aliphatic rings. The second-order valence-electron chi connectivity index (χ2n) is 6.71. The summed E-state index contributed by atoms with van der Waals surface area (Å²) in [7, 11) is 0. The molecule has 0 bridgehead atoms. The molecule has 2 aromatic carbocycles. The van der Waals surface area contributed by atoms with Crippen molar-refractivity contribution >= 4 is 29.0 Å². The van der Waals surface area contributed by atoms with Crippen LogP contribution in [-0.4, -0.2) is 38.0 Å². The second-order valence-corrected chi connectivity index (χ2v) is 7.76. The fourth-order valence-electron chi connectivity index (χ4n) is 2.87. The molecule has 1 saturated heterocycles. The van der Waals surface area contributed by atoms with Crippen molar-refractivity contribution in [2.45, 2.75) is 24.7 Å². The second kappa shape index (κ2) is 9.10. The number of anilines is 2. The SMILES string of the molecule is CC(C)c1ccc(SCC(=O)Nc2ccc(N3CCOCC3)cc2)cc1. The predicted octanol–water partition coefficient (Wildman–Crippen LogP) is 4.38. The lowest BCUT2D eigenvalue weighted by atomic mass is 10.0. The third-order valence-corrected chi connectivity index (χ3v) is 5.46. The van der Waals surface area contributed by atoms with Gasteiger partial charge in [-0.3, -0.25) is 4.79 Å². The Hall–Kier alpha value is -1.98. The standard InChI is InChI=1S/C21H26N2O2S/c1-16(2)17-3-9-20(10-4-17)26-15-21(24)22-18-5-7-19(8-6-18)23-11-13-25-14-12-23/h3-10,16H,11-15H2,1-2H3,(H,22,24). The summed E-state index contributed by atoms with van der Waals surface area (Å²) >= 11 is 1.56. The Labute approximate surface area is 159 Å². The zero-order valence-corrected chi connectivity index (χ0v) is 16.2. The van der Waals surface area contributed by atoms with Crippen LogP contribution in [0.5, 0.6) is 0 Å². The van der Waals surface area contributed by atoms with E-state index in [1.54, 1.807) is 11.8 Å². The number of carbonyl (C=O) groups excluding carboxylic acids is 1. The van der Waals surface area contributed by atoms with Gasteiger partial charge in [-0.15, -0.1) is 11.8 Å². The minimum absolute atomic E-state index is 0.0158. The molecule has 5 heteroatoms. The van der Waals surface area contributed by atoms with E-state index in [1.165, 1.54) is 11.3 Å². The first kappa shape index (κ1) is 18.8. The first-order valence-electron chi connectivity index (χ1n) is 9.07. The highest BCUT2D eigenvalue weighted by Gasteiger charge is 2.11. The van der Waals surface area contributed by atoms with Gasteiger partial charge in [0.1, 0.15) is 0 Å². The maximum absolute atomic E-state index is 12.2. The Bertz CT molecular complexity index is 708. The number of thioether (sulfide) groups is 1. The molecule has 1 N–H and O–H groups in total. The molecule has 3 rings (SSSR count). The maximum atomic E-state index is 12.2. The van der Waals surface area contributed by atoms with Gasteiger partial charge in [0.15, 0.2) is 0 Å². The average molecular weight is 371 g/mol. The topological polar surface area (TPSA) is 41.6 Å². The summed E-state index contributed by atoms with van der Waals surface area (Å²) in [6.07, 6.45) is 0. The number of nitrogens with zero attached hydrogens (tertiary/aromatic N) is 1. The quantitative estimate of drug-likeness (QED) is 0.767. The first-order chi connectivity index (χ1) is 12.6. The molecular weight excluding hydrogens is 344 g/mol. The molecule has 1 aliphatic heterocycles. The number of morpholine rings is 1. The Kier molecular flexibility index (Phi) is 6.58. The van der Waals surface area contributed by atoms with E-state index in [0.29, 0.717) is 11.7 Å². The van der Waals surface area contributed by atoms with Gasteiger partial charge in [-0.25, -0.2) is 0 Å². The van der Waals surface area contributed by atoms with Crippen LogP contribution < -0.4 is 10.2 Å².